The fourth-order valence-corrected chi connectivity index (χ4v) is 1.90. The van der Waals surface area contributed by atoms with Crippen LogP contribution in [0.25, 0.3) is 0 Å². The average Bonchev–Trinajstić information content (AvgIpc) is 2.39. The largest absolute Gasteiger partial charge is 0.497 e. The van der Waals surface area contributed by atoms with Crippen LogP contribution in [0.4, 0.5) is 0 Å². The van der Waals surface area contributed by atoms with E-state index in [1.54, 1.807) is 7.11 Å². The van der Waals surface area contributed by atoms with Gasteiger partial charge in [0.25, 0.3) is 0 Å². The summed E-state index contributed by atoms with van der Waals surface area (Å²) in [6.45, 7) is 2.29. The first kappa shape index (κ1) is 11.4. The molecule has 1 aliphatic rings. The summed E-state index contributed by atoms with van der Waals surface area (Å²) in [4.78, 5) is 0. The van der Waals surface area contributed by atoms with Crippen LogP contribution >= 0.6 is 0 Å². The van der Waals surface area contributed by atoms with Crippen molar-refractivity contribution in [2.24, 2.45) is 5.73 Å². The van der Waals surface area contributed by atoms with Crippen LogP contribution in [0.1, 0.15) is 11.6 Å². The molecule has 0 radical (unpaired) electrons. The maximum absolute atomic E-state index is 6.20. The monoisotopic (exact) mass is 222 g/mol. The standard InChI is InChI=1S/C12H18N2O2/c1-15-10-4-2-3-9(7-10)12(13)11-8-16-6-5-14-11/h2-4,7,11-12,14H,5-6,8,13H2,1H3. The molecule has 0 aliphatic carbocycles. The van der Waals surface area contributed by atoms with Crippen molar-refractivity contribution in [3.05, 3.63) is 29.8 Å². The maximum atomic E-state index is 6.20. The number of nitrogens with two attached hydrogens (primary N) is 1. The molecular formula is C12H18N2O2. The van der Waals surface area contributed by atoms with E-state index in [1.165, 1.54) is 0 Å². The van der Waals surface area contributed by atoms with Crippen LogP contribution < -0.4 is 15.8 Å². The molecule has 0 spiro atoms. The molecule has 0 bridgehead atoms. The zero-order valence-corrected chi connectivity index (χ0v) is 9.48. The van der Waals surface area contributed by atoms with E-state index in [-0.39, 0.29) is 12.1 Å². The van der Waals surface area contributed by atoms with Gasteiger partial charge in [-0.25, -0.2) is 0 Å². The summed E-state index contributed by atoms with van der Waals surface area (Å²) in [5.41, 5.74) is 7.27. The van der Waals surface area contributed by atoms with Crippen LogP contribution in [0.2, 0.25) is 0 Å². The normalized spacial score (nSPS) is 22.8. The van der Waals surface area contributed by atoms with Crippen molar-refractivity contribution in [3.63, 3.8) is 0 Å². The highest BCUT2D eigenvalue weighted by Gasteiger charge is 2.21. The first-order valence-electron chi connectivity index (χ1n) is 5.52. The first-order valence-corrected chi connectivity index (χ1v) is 5.52. The predicted octanol–water partition coefficient (Wildman–Crippen LogP) is 0.683. The van der Waals surface area contributed by atoms with E-state index in [0.717, 1.165) is 24.5 Å². The third-order valence-corrected chi connectivity index (χ3v) is 2.86. The van der Waals surface area contributed by atoms with Crippen molar-refractivity contribution >= 4 is 0 Å². The van der Waals surface area contributed by atoms with Crippen molar-refractivity contribution in [1.82, 2.24) is 5.32 Å². The Kier molecular flexibility index (Phi) is 3.77. The minimum Gasteiger partial charge on any atom is -0.497 e. The van der Waals surface area contributed by atoms with Gasteiger partial charge in [0.2, 0.25) is 0 Å². The summed E-state index contributed by atoms with van der Waals surface area (Å²) < 4.78 is 10.6. The Balaban J connectivity index is 2.09. The summed E-state index contributed by atoms with van der Waals surface area (Å²) in [5, 5.41) is 3.36. The molecular weight excluding hydrogens is 204 g/mol. The summed E-state index contributed by atoms with van der Waals surface area (Å²) >= 11 is 0. The lowest BCUT2D eigenvalue weighted by molar-refractivity contribution is 0.0684. The van der Waals surface area contributed by atoms with Gasteiger partial charge >= 0.3 is 0 Å². The lowest BCUT2D eigenvalue weighted by atomic mass is 10.00. The molecule has 1 fully saturated rings. The first-order chi connectivity index (χ1) is 7.81. The Labute approximate surface area is 95.7 Å². The summed E-state index contributed by atoms with van der Waals surface area (Å²) in [7, 11) is 1.66. The molecule has 88 valence electrons. The smallest absolute Gasteiger partial charge is 0.119 e. The van der Waals surface area contributed by atoms with Gasteiger partial charge in [-0.1, -0.05) is 12.1 Å². The van der Waals surface area contributed by atoms with Crippen molar-refractivity contribution in [2.45, 2.75) is 12.1 Å². The molecule has 2 unspecified atom stereocenters. The molecule has 3 N–H and O–H groups in total. The number of benzene rings is 1. The van der Waals surface area contributed by atoms with Crippen LogP contribution in [0.5, 0.6) is 5.75 Å². The van der Waals surface area contributed by atoms with Gasteiger partial charge in [-0.3, -0.25) is 0 Å². The number of ether oxygens (including phenoxy) is 2. The quantitative estimate of drug-likeness (QED) is 0.790. The molecule has 4 heteroatoms. The Morgan fingerprint density at radius 1 is 1.56 bits per heavy atom. The van der Waals surface area contributed by atoms with Crippen LogP contribution in [-0.4, -0.2) is 32.9 Å². The highest BCUT2D eigenvalue weighted by molar-refractivity contribution is 5.31. The molecule has 16 heavy (non-hydrogen) atoms. The third-order valence-electron chi connectivity index (χ3n) is 2.86. The fraction of sp³-hybridized carbons (Fsp3) is 0.500. The molecule has 0 saturated carbocycles. The molecule has 0 amide bonds. The highest BCUT2D eigenvalue weighted by atomic mass is 16.5. The number of rotatable bonds is 3. The number of nitrogens with one attached hydrogen (secondary N) is 1. The molecule has 4 nitrogen and oxygen atoms in total. The summed E-state index contributed by atoms with van der Waals surface area (Å²) in [6.07, 6.45) is 0. The Morgan fingerprint density at radius 2 is 2.44 bits per heavy atom. The molecule has 0 aromatic heterocycles. The fourth-order valence-electron chi connectivity index (χ4n) is 1.90. The maximum Gasteiger partial charge on any atom is 0.119 e. The van der Waals surface area contributed by atoms with Gasteiger partial charge in [0.05, 0.1) is 20.3 Å². The second-order valence-corrected chi connectivity index (χ2v) is 3.94. The Bertz CT molecular complexity index is 338. The van der Waals surface area contributed by atoms with Gasteiger partial charge in [0, 0.05) is 18.6 Å². The summed E-state index contributed by atoms with van der Waals surface area (Å²) in [6, 6.07) is 7.99. The van der Waals surface area contributed by atoms with E-state index in [1.807, 2.05) is 24.3 Å². The van der Waals surface area contributed by atoms with Crippen molar-refractivity contribution in [3.8, 4) is 5.75 Å². The van der Waals surface area contributed by atoms with Crippen LogP contribution in [0.15, 0.2) is 24.3 Å². The van der Waals surface area contributed by atoms with Gasteiger partial charge in [-0.15, -0.1) is 0 Å². The highest BCUT2D eigenvalue weighted by Crippen LogP contribution is 2.20. The molecule has 2 atom stereocenters. The van der Waals surface area contributed by atoms with Crippen molar-refractivity contribution in [2.75, 3.05) is 26.9 Å². The molecule has 1 heterocycles. The Morgan fingerprint density at radius 3 is 3.12 bits per heavy atom. The second kappa shape index (κ2) is 5.30. The topological polar surface area (TPSA) is 56.5 Å². The number of hydrogen-bond donors (Lipinski definition) is 2. The molecule has 1 aromatic carbocycles. The number of hydrogen-bond acceptors (Lipinski definition) is 4. The van der Waals surface area contributed by atoms with E-state index < -0.39 is 0 Å². The van der Waals surface area contributed by atoms with Crippen molar-refractivity contribution in [1.29, 1.82) is 0 Å². The summed E-state index contributed by atoms with van der Waals surface area (Å²) in [5.74, 6) is 0.838. The van der Waals surface area contributed by atoms with Gasteiger partial charge < -0.3 is 20.5 Å². The van der Waals surface area contributed by atoms with E-state index in [9.17, 15) is 0 Å². The van der Waals surface area contributed by atoms with E-state index in [2.05, 4.69) is 5.32 Å². The lowest BCUT2D eigenvalue weighted by Crippen LogP contribution is -2.47. The second-order valence-electron chi connectivity index (χ2n) is 3.94. The van der Waals surface area contributed by atoms with E-state index >= 15 is 0 Å². The Hall–Kier alpha value is -1.10. The lowest BCUT2D eigenvalue weighted by Gasteiger charge is -2.29. The number of morpholine rings is 1. The van der Waals surface area contributed by atoms with Gasteiger partial charge in [-0.2, -0.15) is 0 Å². The SMILES string of the molecule is COc1cccc(C(N)C2COCCN2)c1. The van der Waals surface area contributed by atoms with Gasteiger partial charge in [0.1, 0.15) is 5.75 Å². The average molecular weight is 222 g/mol. The minimum absolute atomic E-state index is 0.0598. The number of methoxy groups -OCH3 is 1. The van der Waals surface area contributed by atoms with Crippen molar-refractivity contribution < 1.29 is 9.47 Å². The predicted molar refractivity (Wildman–Crippen MR) is 62.5 cm³/mol. The van der Waals surface area contributed by atoms with Crippen LogP contribution in [0, 0.1) is 0 Å². The van der Waals surface area contributed by atoms with Gasteiger partial charge in [-0.05, 0) is 17.7 Å². The third kappa shape index (κ3) is 2.52. The van der Waals surface area contributed by atoms with Crippen LogP contribution in [0.3, 0.4) is 0 Å². The zero-order chi connectivity index (χ0) is 11.4. The minimum atomic E-state index is -0.0598. The van der Waals surface area contributed by atoms with E-state index in [4.69, 9.17) is 15.2 Å². The molecule has 1 aliphatic heterocycles. The zero-order valence-electron chi connectivity index (χ0n) is 9.48. The molecule has 1 saturated heterocycles. The molecule has 2 rings (SSSR count). The molecule has 1 aromatic rings. The van der Waals surface area contributed by atoms with E-state index in [0.29, 0.717) is 6.61 Å². The van der Waals surface area contributed by atoms with Gasteiger partial charge in [0.15, 0.2) is 0 Å². The van der Waals surface area contributed by atoms with Crippen LogP contribution in [-0.2, 0) is 4.74 Å².